The molecule has 1 aromatic carbocycles. The summed E-state index contributed by atoms with van der Waals surface area (Å²) in [4.78, 5) is 2.09. The normalized spacial score (nSPS) is 10.9. The highest BCUT2D eigenvalue weighted by Crippen LogP contribution is 2.30. The second-order valence-electron chi connectivity index (χ2n) is 5.73. The van der Waals surface area contributed by atoms with E-state index in [0.29, 0.717) is 6.42 Å². The molecule has 0 aliphatic carbocycles. The minimum Gasteiger partial charge on any atom is -0.383 e. The van der Waals surface area contributed by atoms with E-state index in [1.54, 1.807) is 0 Å². The topological polar surface area (TPSA) is 39.1 Å². The molecule has 1 N–H and O–H groups in total. The highest BCUT2D eigenvalue weighted by molar-refractivity contribution is 9.10. The monoisotopic (exact) mass is 323 g/mol. The second-order valence-corrected chi connectivity index (χ2v) is 6.65. The summed E-state index contributed by atoms with van der Waals surface area (Å²) in [5.41, 5.74) is 2.39. The van der Waals surface area contributed by atoms with E-state index in [-0.39, 0.29) is 5.41 Å². The molecule has 1 rings (SSSR count). The Morgan fingerprint density at radius 1 is 1.37 bits per heavy atom. The number of rotatable bonds is 6. The lowest BCUT2D eigenvalue weighted by atomic mass is 9.88. The molecule has 0 spiro atoms. The van der Waals surface area contributed by atoms with Gasteiger partial charge in [-0.05, 0) is 30.0 Å². The van der Waals surface area contributed by atoms with Crippen LogP contribution in [0.25, 0.3) is 0 Å². The number of hydrogen-bond acceptors (Lipinski definition) is 3. The maximum atomic E-state index is 8.68. The quantitative estimate of drug-likeness (QED) is 0.850. The minimum atomic E-state index is 0.113. The summed E-state index contributed by atoms with van der Waals surface area (Å²) in [7, 11) is 4.07. The van der Waals surface area contributed by atoms with E-state index >= 15 is 0 Å². The molecule has 104 valence electrons. The summed E-state index contributed by atoms with van der Waals surface area (Å²) < 4.78 is 1.07. The second kappa shape index (κ2) is 6.81. The van der Waals surface area contributed by atoms with E-state index in [1.165, 1.54) is 5.69 Å². The molecule has 19 heavy (non-hydrogen) atoms. The molecule has 0 heterocycles. The van der Waals surface area contributed by atoms with Crippen molar-refractivity contribution in [1.29, 1.82) is 5.26 Å². The molecule has 0 saturated carbocycles. The van der Waals surface area contributed by atoms with E-state index in [1.807, 2.05) is 20.2 Å². The summed E-state index contributed by atoms with van der Waals surface area (Å²) >= 11 is 3.51. The fraction of sp³-hybridized carbons (Fsp3) is 0.533. The summed E-state index contributed by atoms with van der Waals surface area (Å²) in [5.74, 6) is 0. The molecular weight excluding hydrogens is 302 g/mol. The average Bonchev–Trinajstić information content (AvgIpc) is 2.34. The van der Waals surface area contributed by atoms with E-state index in [2.05, 4.69) is 58.2 Å². The van der Waals surface area contributed by atoms with Crippen molar-refractivity contribution < 1.29 is 0 Å². The van der Waals surface area contributed by atoms with Crippen LogP contribution in [-0.4, -0.2) is 20.6 Å². The Morgan fingerprint density at radius 3 is 2.63 bits per heavy atom. The average molecular weight is 324 g/mol. The molecule has 0 fully saturated rings. The van der Waals surface area contributed by atoms with Gasteiger partial charge in [0.1, 0.15) is 0 Å². The summed E-state index contributed by atoms with van der Waals surface area (Å²) in [5, 5.41) is 12.2. The van der Waals surface area contributed by atoms with Gasteiger partial charge in [-0.25, -0.2) is 0 Å². The predicted octanol–water partition coefficient (Wildman–Crippen LogP) is 4.26. The number of nitrogens with one attached hydrogen (secondary N) is 1. The number of benzene rings is 1. The smallest absolute Gasteiger partial charge is 0.0621 e. The Balaban J connectivity index is 2.77. The number of hydrogen-bond donors (Lipinski definition) is 1. The minimum absolute atomic E-state index is 0.113. The van der Waals surface area contributed by atoms with Crippen LogP contribution in [0.2, 0.25) is 0 Å². The Hall–Kier alpha value is -1.21. The van der Waals surface area contributed by atoms with Gasteiger partial charge >= 0.3 is 0 Å². The van der Waals surface area contributed by atoms with Crippen LogP contribution in [-0.2, 0) is 0 Å². The van der Waals surface area contributed by atoms with Crippen molar-refractivity contribution in [2.75, 3.05) is 30.9 Å². The molecule has 1 aromatic rings. The van der Waals surface area contributed by atoms with Gasteiger partial charge in [0.15, 0.2) is 0 Å². The van der Waals surface area contributed by atoms with Gasteiger partial charge < -0.3 is 10.2 Å². The van der Waals surface area contributed by atoms with Crippen molar-refractivity contribution in [3.8, 4) is 6.07 Å². The van der Waals surface area contributed by atoms with E-state index < -0.39 is 0 Å². The van der Waals surface area contributed by atoms with Gasteiger partial charge in [-0.1, -0.05) is 29.8 Å². The fourth-order valence-corrected chi connectivity index (χ4v) is 2.22. The van der Waals surface area contributed by atoms with Crippen molar-refractivity contribution in [2.24, 2.45) is 5.41 Å². The van der Waals surface area contributed by atoms with Crippen LogP contribution < -0.4 is 10.2 Å². The third-order valence-electron chi connectivity index (χ3n) is 3.11. The molecule has 0 unspecified atom stereocenters. The Labute approximate surface area is 124 Å². The number of nitriles is 1. The zero-order chi connectivity index (χ0) is 14.5. The zero-order valence-corrected chi connectivity index (χ0v) is 13.7. The Kier molecular flexibility index (Phi) is 5.68. The summed E-state index contributed by atoms with van der Waals surface area (Å²) in [6.07, 6.45) is 1.51. The number of halogens is 1. The first-order valence-corrected chi connectivity index (χ1v) is 7.23. The van der Waals surface area contributed by atoms with Gasteiger partial charge in [-0.2, -0.15) is 5.26 Å². The van der Waals surface area contributed by atoms with Crippen molar-refractivity contribution in [3.63, 3.8) is 0 Å². The molecule has 0 saturated heterocycles. The third kappa shape index (κ3) is 5.12. The molecule has 0 aliphatic rings. The van der Waals surface area contributed by atoms with Gasteiger partial charge in [-0.15, -0.1) is 0 Å². The van der Waals surface area contributed by atoms with Crippen LogP contribution in [0.15, 0.2) is 22.7 Å². The van der Waals surface area contributed by atoms with Gasteiger partial charge in [0, 0.05) is 31.5 Å². The van der Waals surface area contributed by atoms with Crippen LogP contribution >= 0.6 is 15.9 Å². The lowest BCUT2D eigenvalue weighted by Crippen LogP contribution is -2.24. The largest absolute Gasteiger partial charge is 0.383 e. The Bertz CT molecular complexity index is 461. The molecule has 0 aliphatic heterocycles. The van der Waals surface area contributed by atoms with Crippen molar-refractivity contribution in [1.82, 2.24) is 0 Å². The predicted molar refractivity (Wildman–Crippen MR) is 85.6 cm³/mol. The third-order valence-corrected chi connectivity index (χ3v) is 3.60. The van der Waals surface area contributed by atoms with E-state index in [9.17, 15) is 0 Å². The summed E-state index contributed by atoms with van der Waals surface area (Å²) in [6, 6.07) is 8.45. The maximum absolute atomic E-state index is 8.68. The molecule has 0 aromatic heterocycles. The van der Waals surface area contributed by atoms with Gasteiger partial charge in [0.25, 0.3) is 0 Å². The fourth-order valence-electron chi connectivity index (χ4n) is 1.86. The van der Waals surface area contributed by atoms with Crippen LogP contribution in [0.3, 0.4) is 0 Å². The molecule has 0 bridgehead atoms. The molecular formula is C15H22BrN3. The highest BCUT2D eigenvalue weighted by Gasteiger charge is 2.18. The Morgan fingerprint density at radius 2 is 2.05 bits per heavy atom. The molecule has 0 radical (unpaired) electrons. The molecule has 0 amide bonds. The SMILES string of the molecule is CN(C)c1ccc(Br)cc1NCC(C)(C)CCC#N. The molecule has 0 atom stereocenters. The zero-order valence-electron chi connectivity index (χ0n) is 12.1. The number of nitrogens with zero attached hydrogens (tertiary/aromatic N) is 2. The first-order valence-electron chi connectivity index (χ1n) is 6.43. The highest BCUT2D eigenvalue weighted by atomic mass is 79.9. The van der Waals surface area contributed by atoms with Crippen LogP contribution in [0.1, 0.15) is 26.7 Å². The maximum Gasteiger partial charge on any atom is 0.0621 e. The van der Waals surface area contributed by atoms with Crippen LogP contribution in [0, 0.1) is 16.7 Å². The van der Waals surface area contributed by atoms with Gasteiger partial charge in [-0.3, -0.25) is 0 Å². The number of anilines is 2. The lowest BCUT2D eigenvalue weighted by Gasteiger charge is -2.26. The van der Waals surface area contributed by atoms with E-state index in [0.717, 1.165) is 23.1 Å². The standard InChI is InChI=1S/C15H22BrN3/c1-15(2,8-5-9-17)11-18-13-10-12(16)6-7-14(13)19(3)4/h6-7,10,18H,5,8,11H2,1-4H3. The van der Waals surface area contributed by atoms with Crippen molar-refractivity contribution >= 4 is 27.3 Å². The van der Waals surface area contributed by atoms with Crippen molar-refractivity contribution in [3.05, 3.63) is 22.7 Å². The first kappa shape index (κ1) is 15.8. The molecule has 4 heteroatoms. The van der Waals surface area contributed by atoms with Crippen LogP contribution in [0.5, 0.6) is 0 Å². The summed E-state index contributed by atoms with van der Waals surface area (Å²) in [6.45, 7) is 5.22. The first-order chi connectivity index (χ1) is 8.85. The van der Waals surface area contributed by atoms with Gasteiger partial charge in [0.2, 0.25) is 0 Å². The lowest BCUT2D eigenvalue weighted by molar-refractivity contribution is 0.364. The van der Waals surface area contributed by atoms with Gasteiger partial charge in [0.05, 0.1) is 17.4 Å². The van der Waals surface area contributed by atoms with Crippen LogP contribution in [0.4, 0.5) is 11.4 Å². The van der Waals surface area contributed by atoms with Crippen molar-refractivity contribution in [2.45, 2.75) is 26.7 Å². The molecule has 3 nitrogen and oxygen atoms in total. The van der Waals surface area contributed by atoms with E-state index in [4.69, 9.17) is 5.26 Å².